The molecule has 1 aromatic carbocycles. The maximum absolute atomic E-state index is 12.5. The Morgan fingerprint density at radius 3 is 2.43 bits per heavy atom. The summed E-state index contributed by atoms with van der Waals surface area (Å²) in [6.45, 7) is 6.05. The molecule has 1 N–H and O–H groups in total. The van der Waals surface area contributed by atoms with Gasteiger partial charge in [0.2, 0.25) is 5.91 Å². The lowest BCUT2D eigenvalue weighted by atomic mass is 10.0. The zero-order valence-corrected chi connectivity index (χ0v) is 12.6. The van der Waals surface area contributed by atoms with Crippen LogP contribution in [0.1, 0.15) is 29.3 Å². The highest BCUT2D eigenvalue weighted by atomic mass is 19.4. The molecule has 0 saturated carbocycles. The van der Waals surface area contributed by atoms with Gasteiger partial charge in [-0.25, -0.2) is 0 Å². The van der Waals surface area contributed by atoms with Gasteiger partial charge in [-0.2, -0.15) is 13.2 Å². The minimum absolute atomic E-state index is 0.146. The molecule has 0 aliphatic carbocycles. The number of alkyl halides is 3. The Labute approximate surface area is 132 Å². The number of halogens is 3. The molecule has 4 nitrogen and oxygen atoms in total. The Hall–Kier alpha value is -2.31. The minimum atomic E-state index is -4.43. The lowest BCUT2D eigenvalue weighted by molar-refractivity contribution is -0.137. The number of amides is 2. The Morgan fingerprint density at radius 1 is 1.30 bits per heavy atom. The summed E-state index contributed by atoms with van der Waals surface area (Å²) in [5, 5.41) is 2.79. The Bertz CT molecular complexity index is 625. The van der Waals surface area contributed by atoms with Gasteiger partial charge in [-0.3, -0.25) is 9.59 Å². The second-order valence-corrected chi connectivity index (χ2v) is 5.80. The maximum atomic E-state index is 12.5. The normalized spacial score (nSPS) is 21.1. The van der Waals surface area contributed by atoms with Crippen LogP contribution < -0.4 is 5.32 Å². The van der Waals surface area contributed by atoms with Crippen LogP contribution in [0.15, 0.2) is 36.9 Å². The molecule has 2 amide bonds. The second kappa shape index (κ2) is 6.06. The topological polar surface area (TPSA) is 49.4 Å². The summed E-state index contributed by atoms with van der Waals surface area (Å²) in [5.41, 5.74) is -1.27. The highest BCUT2D eigenvalue weighted by Gasteiger charge is 2.37. The van der Waals surface area contributed by atoms with Crippen LogP contribution in [0.4, 0.5) is 13.2 Å². The predicted molar refractivity (Wildman–Crippen MR) is 78.7 cm³/mol. The van der Waals surface area contributed by atoms with Gasteiger partial charge in [0.15, 0.2) is 0 Å². The fraction of sp³-hybridized carbons (Fsp3) is 0.375. The molecule has 1 heterocycles. The van der Waals surface area contributed by atoms with Crippen molar-refractivity contribution in [2.45, 2.75) is 25.1 Å². The van der Waals surface area contributed by atoms with Gasteiger partial charge < -0.3 is 10.2 Å². The van der Waals surface area contributed by atoms with E-state index < -0.39 is 23.2 Å². The van der Waals surface area contributed by atoms with Crippen LogP contribution >= 0.6 is 0 Å². The van der Waals surface area contributed by atoms with Gasteiger partial charge in [0, 0.05) is 18.7 Å². The van der Waals surface area contributed by atoms with Gasteiger partial charge >= 0.3 is 6.18 Å². The molecule has 124 valence electrons. The number of hydrogen-bond donors (Lipinski definition) is 1. The smallest absolute Gasteiger partial charge is 0.345 e. The number of benzene rings is 1. The first kappa shape index (κ1) is 17.1. The van der Waals surface area contributed by atoms with Crippen molar-refractivity contribution >= 4 is 11.8 Å². The maximum Gasteiger partial charge on any atom is 0.416 e. The zero-order chi connectivity index (χ0) is 17.3. The molecule has 1 saturated heterocycles. The average molecular weight is 326 g/mol. The lowest BCUT2D eigenvalue weighted by Crippen LogP contribution is -2.48. The molecular formula is C16H17F3N2O2. The van der Waals surface area contributed by atoms with Crippen LogP contribution in [0.25, 0.3) is 0 Å². The van der Waals surface area contributed by atoms with Crippen LogP contribution in [0.2, 0.25) is 0 Å². The molecule has 1 atom stereocenters. The van der Waals surface area contributed by atoms with E-state index in [1.165, 1.54) is 6.08 Å². The van der Waals surface area contributed by atoms with Crippen LogP contribution in [-0.2, 0) is 11.0 Å². The number of carbonyl (C=O) groups excluding carboxylic acids is 2. The summed E-state index contributed by atoms with van der Waals surface area (Å²) in [7, 11) is 0. The van der Waals surface area contributed by atoms with Crippen molar-refractivity contribution in [2.75, 3.05) is 13.1 Å². The molecule has 1 aromatic rings. The molecule has 7 heteroatoms. The first-order valence-electron chi connectivity index (χ1n) is 7.06. The number of hydrogen-bond acceptors (Lipinski definition) is 2. The SMILES string of the molecule is C=CC(=O)N1CCC(C)(NC(=O)c2ccc(C(F)(F)F)cc2)C1. The molecule has 2 rings (SSSR count). The van der Waals surface area contributed by atoms with Crippen LogP contribution in [0, 0.1) is 0 Å². The van der Waals surface area contributed by atoms with Gasteiger partial charge in [-0.1, -0.05) is 6.58 Å². The van der Waals surface area contributed by atoms with E-state index in [4.69, 9.17) is 0 Å². The van der Waals surface area contributed by atoms with E-state index in [9.17, 15) is 22.8 Å². The highest BCUT2D eigenvalue weighted by Crippen LogP contribution is 2.29. The standard InChI is InChI=1S/C16H17F3N2O2/c1-3-13(22)21-9-8-15(2,10-21)20-14(23)11-4-6-12(7-5-11)16(17,18)19/h3-7H,1,8-10H2,2H3,(H,20,23). The third-order valence-corrected chi connectivity index (χ3v) is 3.85. The molecule has 1 aliphatic heterocycles. The van der Waals surface area contributed by atoms with E-state index >= 15 is 0 Å². The van der Waals surface area contributed by atoms with Crippen molar-refractivity contribution in [3.05, 3.63) is 48.0 Å². The van der Waals surface area contributed by atoms with Crippen LogP contribution in [-0.4, -0.2) is 35.3 Å². The van der Waals surface area contributed by atoms with Crippen molar-refractivity contribution in [3.8, 4) is 0 Å². The number of rotatable bonds is 3. The van der Waals surface area contributed by atoms with Crippen molar-refractivity contribution in [3.63, 3.8) is 0 Å². The third kappa shape index (κ3) is 3.91. The van der Waals surface area contributed by atoms with E-state index in [-0.39, 0.29) is 11.5 Å². The number of nitrogens with one attached hydrogen (secondary N) is 1. The summed E-state index contributed by atoms with van der Waals surface area (Å²) >= 11 is 0. The highest BCUT2D eigenvalue weighted by molar-refractivity contribution is 5.95. The summed E-state index contributed by atoms with van der Waals surface area (Å²) in [4.78, 5) is 25.3. The van der Waals surface area contributed by atoms with Crippen molar-refractivity contribution < 1.29 is 22.8 Å². The van der Waals surface area contributed by atoms with Crippen LogP contribution in [0.3, 0.4) is 0 Å². The molecule has 0 bridgehead atoms. The fourth-order valence-electron chi connectivity index (χ4n) is 2.54. The van der Waals surface area contributed by atoms with Crippen molar-refractivity contribution in [2.24, 2.45) is 0 Å². The monoisotopic (exact) mass is 326 g/mol. The number of likely N-dealkylation sites (tertiary alicyclic amines) is 1. The Morgan fingerprint density at radius 2 is 1.91 bits per heavy atom. The largest absolute Gasteiger partial charge is 0.416 e. The lowest BCUT2D eigenvalue weighted by Gasteiger charge is -2.26. The van der Waals surface area contributed by atoms with Gasteiger partial charge in [0.25, 0.3) is 5.91 Å². The predicted octanol–water partition coefficient (Wildman–Crippen LogP) is 2.61. The molecule has 1 aliphatic rings. The fourth-order valence-corrected chi connectivity index (χ4v) is 2.54. The van der Waals surface area contributed by atoms with E-state index in [0.29, 0.717) is 19.5 Å². The third-order valence-electron chi connectivity index (χ3n) is 3.85. The molecule has 0 aromatic heterocycles. The minimum Gasteiger partial charge on any atom is -0.345 e. The van der Waals surface area contributed by atoms with E-state index in [0.717, 1.165) is 24.3 Å². The Kier molecular flexibility index (Phi) is 4.49. The van der Waals surface area contributed by atoms with E-state index in [1.807, 2.05) is 0 Å². The quantitative estimate of drug-likeness (QED) is 0.868. The number of nitrogens with zero attached hydrogens (tertiary/aromatic N) is 1. The first-order valence-corrected chi connectivity index (χ1v) is 7.06. The first-order chi connectivity index (χ1) is 10.6. The van der Waals surface area contributed by atoms with Crippen LogP contribution in [0.5, 0.6) is 0 Å². The average Bonchev–Trinajstić information content (AvgIpc) is 2.87. The molecule has 0 radical (unpaired) electrons. The van der Waals surface area contributed by atoms with E-state index in [2.05, 4.69) is 11.9 Å². The van der Waals surface area contributed by atoms with Gasteiger partial charge in [-0.15, -0.1) is 0 Å². The van der Waals surface area contributed by atoms with Crippen molar-refractivity contribution in [1.29, 1.82) is 0 Å². The summed E-state index contributed by atoms with van der Waals surface area (Å²) < 4.78 is 37.5. The molecule has 0 spiro atoms. The van der Waals surface area contributed by atoms with Gasteiger partial charge in [-0.05, 0) is 43.7 Å². The molecule has 1 unspecified atom stereocenters. The van der Waals surface area contributed by atoms with E-state index in [1.54, 1.807) is 11.8 Å². The molecular weight excluding hydrogens is 309 g/mol. The summed E-state index contributed by atoms with van der Waals surface area (Å²) in [5.74, 6) is -0.674. The van der Waals surface area contributed by atoms with Gasteiger partial charge in [0.05, 0.1) is 11.1 Å². The van der Waals surface area contributed by atoms with Gasteiger partial charge in [0.1, 0.15) is 0 Å². The zero-order valence-electron chi connectivity index (χ0n) is 12.6. The summed E-state index contributed by atoms with van der Waals surface area (Å²) in [6, 6.07) is 4.03. The second-order valence-electron chi connectivity index (χ2n) is 5.80. The van der Waals surface area contributed by atoms with Crippen molar-refractivity contribution in [1.82, 2.24) is 10.2 Å². The molecule has 23 heavy (non-hydrogen) atoms. The number of carbonyl (C=O) groups is 2. The summed E-state index contributed by atoms with van der Waals surface area (Å²) in [6.07, 6.45) is -2.65. The molecule has 1 fully saturated rings. The Balaban J connectivity index is 2.04.